The minimum absolute atomic E-state index is 0.317. The zero-order valence-corrected chi connectivity index (χ0v) is 10.4. The molecule has 2 heterocycles. The molecule has 1 unspecified atom stereocenters. The highest BCUT2D eigenvalue weighted by molar-refractivity contribution is 9.10. The molecule has 0 N–H and O–H groups in total. The van der Waals surface area contributed by atoms with E-state index in [1.807, 2.05) is 12.3 Å². The maximum absolute atomic E-state index is 5.25. The number of hydrogen-bond acceptors (Lipinski definition) is 3. The Hall–Kier alpha value is -0.450. The van der Waals surface area contributed by atoms with E-state index in [0.717, 1.165) is 23.3 Å². The van der Waals surface area contributed by atoms with Gasteiger partial charge in [-0.1, -0.05) is 0 Å². The van der Waals surface area contributed by atoms with Gasteiger partial charge in [-0.2, -0.15) is 0 Å². The molecule has 0 amide bonds. The molecule has 4 heteroatoms. The van der Waals surface area contributed by atoms with Crippen molar-refractivity contribution in [1.82, 2.24) is 9.88 Å². The number of halogens is 1. The number of aromatic nitrogens is 1. The van der Waals surface area contributed by atoms with Gasteiger partial charge in [-0.05, 0) is 34.5 Å². The van der Waals surface area contributed by atoms with Crippen LogP contribution in [-0.2, 0) is 4.74 Å². The van der Waals surface area contributed by atoms with Crippen LogP contribution in [-0.4, -0.2) is 36.7 Å². The Bertz CT molecular complexity index is 311. The SMILES string of the molecule is COCC(c1ccc(Br)cn1)N1CCC1. The second-order valence-electron chi connectivity index (χ2n) is 3.76. The Morgan fingerprint density at radius 3 is 2.80 bits per heavy atom. The van der Waals surface area contributed by atoms with Gasteiger partial charge in [-0.3, -0.25) is 9.88 Å². The molecular formula is C11H15BrN2O. The van der Waals surface area contributed by atoms with Crippen LogP contribution in [0.4, 0.5) is 0 Å². The Labute approximate surface area is 98.6 Å². The van der Waals surface area contributed by atoms with Gasteiger partial charge in [0.25, 0.3) is 0 Å². The van der Waals surface area contributed by atoms with Crippen molar-refractivity contribution in [3.05, 3.63) is 28.5 Å². The predicted molar refractivity (Wildman–Crippen MR) is 62.7 cm³/mol. The first-order chi connectivity index (χ1) is 7.31. The van der Waals surface area contributed by atoms with Crippen molar-refractivity contribution in [3.63, 3.8) is 0 Å². The highest BCUT2D eigenvalue weighted by Crippen LogP contribution is 2.25. The van der Waals surface area contributed by atoms with Gasteiger partial charge in [-0.15, -0.1) is 0 Å². The second kappa shape index (κ2) is 5.05. The molecule has 15 heavy (non-hydrogen) atoms. The Balaban J connectivity index is 2.12. The van der Waals surface area contributed by atoms with Crippen LogP contribution in [0.2, 0.25) is 0 Å². The molecule has 3 nitrogen and oxygen atoms in total. The number of likely N-dealkylation sites (tertiary alicyclic amines) is 1. The van der Waals surface area contributed by atoms with Gasteiger partial charge in [0.15, 0.2) is 0 Å². The Morgan fingerprint density at radius 1 is 1.53 bits per heavy atom. The van der Waals surface area contributed by atoms with E-state index in [4.69, 9.17) is 4.74 Å². The van der Waals surface area contributed by atoms with Crippen LogP contribution in [0, 0.1) is 0 Å². The molecule has 1 aliphatic heterocycles. The van der Waals surface area contributed by atoms with E-state index in [1.165, 1.54) is 6.42 Å². The first-order valence-electron chi connectivity index (χ1n) is 5.15. The number of rotatable bonds is 4. The summed E-state index contributed by atoms with van der Waals surface area (Å²) in [5, 5.41) is 0. The lowest BCUT2D eigenvalue weighted by molar-refractivity contribution is 0.0484. The number of ether oxygens (including phenoxy) is 1. The normalized spacial score (nSPS) is 18.5. The monoisotopic (exact) mass is 270 g/mol. The summed E-state index contributed by atoms with van der Waals surface area (Å²) in [6.45, 7) is 3.03. The van der Waals surface area contributed by atoms with Crippen molar-refractivity contribution in [2.24, 2.45) is 0 Å². The van der Waals surface area contributed by atoms with Crippen LogP contribution in [0.5, 0.6) is 0 Å². The maximum Gasteiger partial charge on any atom is 0.0757 e. The molecular weight excluding hydrogens is 256 g/mol. The fourth-order valence-corrected chi connectivity index (χ4v) is 2.01. The lowest BCUT2D eigenvalue weighted by atomic mass is 10.1. The topological polar surface area (TPSA) is 25.4 Å². The van der Waals surface area contributed by atoms with Crippen LogP contribution in [0.3, 0.4) is 0 Å². The zero-order valence-electron chi connectivity index (χ0n) is 8.82. The molecule has 0 spiro atoms. The summed E-state index contributed by atoms with van der Waals surface area (Å²) in [6.07, 6.45) is 3.13. The van der Waals surface area contributed by atoms with E-state index >= 15 is 0 Å². The number of methoxy groups -OCH3 is 1. The van der Waals surface area contributed by atoms with Gasteiger partial charge in [0, 0.05) is 30.9 Å². The van der Waals surface area contributed by atoms with Crippen LogP contribution in [0.15, 0.2) is 22.8 Å². The lowest BCUT2D eigenvalue weighted by Crippen LogP contribution is -2.42. The molecule has 1 fully saturated rings. The van der Waals surface area contributed by atoms with E-state index in [2.05, 4.69) is 31.9 Å². The van der Waals surface area contributed by atoms with Crippen LogP contribution >= 0.6 is 15.9 Å². The predicted octanol–water partition coefficient (Wildman–Crippen LogP) is 2.24. The van der Waals surface area contributed by atoms with Crippen molar-refractivity contribution >= 4 is 15.9 Å². The molecule has 0 aromatic carbocycles. The molecule has 1 saturated heterocycles. The molecule has 0 saturated carbocycles. The zero-order chi connectivity index (χ0) is 10.7. The van der Waals surface area contributed by atoms with Crippen molar-refractivity contribution in [1.29, 1.82) is 0 Å². The van der Waals surface area contributed by atoms with Gasteiger partial charge < -0.3 is 4.74 Å². The fraction of sp³-hybridized carbons (Fsp3) is 0.545. The maximum atomic E-state index is 5.25. The third-order valence-electron chi connectivity index (χ3n) is 2.75. The fourth-order valence-electron chi connectivity index (χ4n) is 1.77. The lowest BCUT2D eigenvalue weighted by Gasteiger charge is -2.37. The van der Waals surface area contributed by atoms with E-state index in [9.17, 15) is 0 Å². The Morgan fingerprint density at radius 2 is 2.33 bits per heavy atom. The van der Waals surface area contributed by atoms with Gasteiger partial charge in [0.2, 0.25) is 0 Å². The molecule has 1 aromatic rings. The standard InChI is InChI=1S/C11H15BrN2O/c1-15-8-11(14-5-2-6-14)10-4-3-9(12)7-13-10/h3-4,7,11H,2,5-6,8H2,1H3. The second-order valence-corrected chi connectivity index (χ2v) is 4.68. The summed E-state index contributed by atoms with van der Waals surface area (Å²) in [6, 6.07) is 4.41. The largest absolute Gasteiger partial charge is 0.383 e. The van der Waals surface area contributed by atoms with E-state index in [1.54, 1.807) is 7.11 Å². The van der Waals surface area contributed by atoms with Crippen molar-refractivity contribution < 1.29 is 4.74 Å². The third kappa shape index (κ3) is 2.56. The molecule has 2 rings (SSSR count). The summed E-state index contributed by atoms with van der Waals surface area (Å²) in [4.78, 5) is 6.83. The van der Waals surface area contributed by atoms with Gasteiger partial charge >= 0.3 is 0 Å². The van der Waals surface area contributed by atoms with Crippen LogP contribution < -0.4 is 0 Å². The average Bonchev–Trinajstić information content (AvgIpc) is 2.16. The van der Waals surface area contributed by atoms with E-state index in [0.29, 0.717) is 12.6 Å². The van der Waals surface area contributed by atoms with Gasteiger partial charge in [0.1, 0.15) is 0 Å². The van der Waals surface area contributed by atoms with Crippen molar-refractivity contribution in [2.45, 2.75) is 12.5 Å². The number of hydrogen-bond donors (Lipinski definition) is 0. The molecule has 0 radical (unpaired) electrons. The summed E-state index contributed by atoms with van der Waals surface area (Å²) >= 11 is 3.39. The van der Waals surface area contributed by atoms with Gasteiger partial charge in [0.05, 0.1) is 18.3 Å². The number of nitrogens with zero attached hydrogens (tertiary/aromatic N) is 2. The molecule has 1 aliphatic rings. The highest BCUT2D eigenvalue weighted by Gasteiger charge is 2.25. The van der Waals surface area contributed by atoms with Crippen molar-refractivity contribution in [2.75, 3.05) is 26.8 Å². The van der Waals surface area contributed by atoms with Crippen LogP contribution in [0.1, 0.15) is 18.2 Å². The molecule has 0 aliphatic carbocycles. The highest BCUT2D eigenvalue weighted by atomic mass is 79.9. The van der Waals surface area contributed by atoms with Crippen LogP contribution in [0.25, 0.3) is 0 Å². The van der Waals surface area contributed by atoms with E-state index < -0.39 is 0 Å². The third-order valence-corrected chi connectivity index (χ3v) is 3.22. The Kier molecular flexibility index (Phi) is 3.72. The molecule has 82 valence electrons. The summed E-state index contributed by atoms with van der Waals surface area (Å²) in [7, 11) is 1.74. The smallest absolute Gasteiger partial charge is 0.0757 e. The first-order valence-corrected chi connectivity index (χ1v) is 5.95. The molecule has 1 atom stereocenters. The molecule has 0 bridgehead atoms. The minimum atomic E-state index is 0.317. The minimum Gasteiger partial charge on any atom is -0.383 e. The van der Waals surface area contributed by atoms with E-state index in [-0.39, 0.29) is 0 Å². The molecule has 1 aromatic heterocycles. The summed E-state index contributed by atoms with van der Waals surface area (Å²) < 4.78 is 6.27. The van der Waals surface area contributed by atoms with Crippen molar-refractivity contribution in [3.8, 4) is 0 Å². The van der Waals surface area contributed by atoms with Gasteiger partial charge in [-0.25, -0.2) is 0 Å². The average molecular weight is 271 g/mol. The number of pyridine rings is 1. The first kappa shape index (κ1) is 11.0. The summed E-state index contributed by atoms with van der Waals surface area (Å²) in [5.74, 6) is 0. The quantitative estimate of drug-likeness (QED) is 0.839. The summed E-state index contributed by atoms with van der Waals surface area (Å²) in [5.41, 5.74) is 1.10.